The van der Waals surface area contributed by atoms with E-state index in [9.17, 15) is 14.0 Å². The number of carbonyl (C=O) groups is 1. The lowest BCUT2D eigenvalue weighted by molar-refractivity contribution is -0.116. The van der Waals surface area contributed by atoms with Crippen LogP contribution in [-0.4, -0.2) is 25.2 Å². The molecule has 4 rings (SSSR count). The van der Waals surface area contributed by atoms with Gasteiger partial charge in [-0.1, -0.05) is 26.0 Å². The average Bonchev–Trinajstić information content (AvgIpc) is 3.19. The summed E-state index contributed by atoms with van der Waals surface area (Å²) in [5, 5.41) is 7.38. The lowest BCUT2D eigenvalue weighted by atomic mass is 10.0. The molecule has 0 atom stereocenters. The molecular weight excluding hydrogens is 397 g/mol. The van der Waals surface area contributed by atoms with Crippen LogP contribution >= 0.6 is 0 Å². The van der Waals surface area contributed by atoms with Gasteiger partial charge in [-0.3, -0.25) is 14.2 Å². The van der Waals surface area contributed by atoms with Crippen LogP contribution < -0.4 is 10.9 Å². The highest BCUT2D eigenvalue weighted by Gasteiger charge is 2.12. The standard InChI is InChI=1S/C23H22FN5O2/c1-15(2)16-3-7-18(8-4-16)27-21(30)11-12-28-14-25-22-20(23(28)31)13-26-29(22)19-9-5-17(24)6-10-19/h3-10,13-15H,11-12H2,1-2H3,(H,27,30). The quantitative estimate of drug-likeness (QED) is 0.514. The van der Waals surface area contributed by atoms with E-state index in [0.29, 0.717) is 22.6 Å². The van der Waals surface area contributed by atoms with Crippen LogP contribution in [0.1, 0.15) is 31.7 Å². The van der Waals surface area contributed by atoms with Crippen molar-refractivity contribution in [2.45, 2.75) is 32.7 Å². The highest BCUT2D eigenvalue weighted by atomic mass is 19.1. The van der Waals surface area contributed by atoms with Crippen LogP contribution in [0.25, 0.3) is 16.7 Å². The van der Waals surface area contributed by atoms with E-state index in [1.165, 1.54) is 39.5 Å². The van der Waals surface area contributed by atoms with Crippen molar-refractivity contribution in [1.29, 1.82) is 0 Å². The second kappa shape index (κ2) is 8.51. The molecule has 0 aliphatic carbocycles. The van der Waals surface area contributed by atoms with Crippen LogP contribution in [-0.2, 0) is 11.3 Å². The molecule has 0 radical (unpaired) electrons. The number of hydrogen-bond acceptors (Lipinski definition) is 4. The first-order chi connectivity index (χ1) is 14.9. The number of rotatable bonds is 6. The monoisotopic (exact) mass is 419 g/mol. The minimum atomic E-state index is -0.357. The second-order valence-corrected chi connectivity index (χ2v) is 7.59. The lowest BCUT2D eigenvalue weighted by Gasteiger charge is -2.09. The predicted molar refractivity (Wildman–Crippen MR) is 117 cm³/mol. The maximum atomic E-state index is 13.2. The third kappa shape index (κ3) is 4.37. The SMILES string of the molecule is CC(C)c1ccc(NC(=O)CCn2cnc3c(cnn3-c3ccc(F)cc3)c2=O)cc1. The number of aromatic nitrogens is 4. The van der Waals surface area contributed by atoms with E-state index in [0.717, 1.165) is 5.69 Å². The first-order valence-electron chi connectivity index (χ1n) is 10.0. The Bertz CT molecular complexity index is 1270. The highest BCUT2D eigenvalue weighted by Crippen LogP contribution is 2.17. The molecular formula is C23H22FN5O2. The third-order valence-electron chi connectivity index (χ3n) is 5.07. The molecule has 1 amide bonds. The van der Waals surface area contributed by atoms with Crippen LogP contribution in [0.2, 0.25) is 0 Å². The van der Waals surface area contributed by atoms with Crippen molar-refractivity contribution in [2.75, 3.05) is 5.32 Å². The van der Waals surface area contributed by atoms with Gasteiger partial charge in [-0.15, -0.1) is 0 Å². The molecule has 0 aliphatic rings. The summed E-state index contributed by atoms with van der Waals surface area (Å²) < 4.78 is 16.0. The normalized spacial score (nSPS) is 11.2. The zero-order chi connectivity index (χ0) is 22.0. The largest absolute Gasteiger partial charge is 0.326 e. The number of amides is 1. The Hall–Kier alpha value is -3.81. The first kappa shape index (κ1) is 20.5. The van der Waals surface area contributed by atoms with Crippen molar-refractivity contribution in [1.82, 2.24) is 19.3 Å². The minimum absolute atomic E-state index is 0.130. The molecule has 4 aromatic rings. The number of carbonyl (C=O) groups excluding carboxylic acids is 1. The molecule has 31 heavy (non-hydrogen) atoms. The highest BCUT2D eigenvalue weighted by molar-refractivity contribution is 5.90. The summed E-state index contributed by atoms with van der Waals surface area (Å²) >= 11 is 0. The first-order valence-corrected chi connectivity index (χ1v) is 10.0. The molecule has 0 spiro atoms. The Labute approximate surface area is 178 Å². The van der Waals surface area contributed by atoms with Gasteiger partial charge in [0.15, 0.2) is 5.65 Å². The fraction of sp³-hybridized carbons (Fsp3) is 0.217. The zero-order valence-electron chi connectivity index (χ0n) is 17.2. The summed E-state index contributed by atoms with van der Waals surface area (Å²) in [6.45, 7) is 4.42. The van der Waals surface area contributed by atoms with Crippen molar-refractivity contribution in [2.24, 2.45) is 0 Å². The van der Waals surface area contributed by atoms with E-state index in [-0.39, 0.29) is 30.2 Å². The van der Waals surface area contributed by atoms with Crippen LogP contribution in [0.3, 0.4) is 0 Å². The van der Waals surface area contributed by atoms with Gasteiger partial charge in [-0.2, -0.15) is 5.10 Å². The van der Waals surface area contributed by atoms with E-state index >= 15 is 0 Å². The molecule has 0 bridgehead atoms. The predicted octanol–water partition coefficient (Wildman–Crippen LogP) is 3.87. The molecule has 1 N–H and O–H groups in total. The number of halogens is 1. The van der Waals surface area contributed by atoms with Gasteiger partial charge in [-0.05, 0) is 47.9 Å². The van der Waals surface area contributed by atoms with Gasteiger partial charge in [0.05, 0.1) is 18.2 Å². The summed E-state index contributed by atoms with van der Waals surface area (Å²) in [5.74, 6) is -0.123. The summed E-state index contributed by atoms with van der Waals surface area (Å²) in [4.78, 5) is 29.4. The van der Waals surface area contributed by atoms with Crippen molar-refractivity contribution in [3.8, 4) is 5.69 Å². The summed E-state index contributed by atoms with van der Waals surface area (Å²) in [6, 6.07) is 13.5. The van der Waals surface area contributed by atoms with Crippen molar-refractivity contribution < 1.29 is 9.18 Å². The molecule has 0 unspecified atom stereocenters. The molecule has 0 saturated carbocycles. The van der Waals surface area contributed by atoms with Crippen LogP contribution in [0.5, 0.6) is 0 Å². The third-order valence-corrected chi connectivity index (χ3v) is 5.07. The zero-order valence-corrected chi connectivity index (χ0v) is 17.2. The molecule has 158 valence electrons. The average molecular weight is 419 g/mol. The summed E-state index contributed by atoms with van der Waals surface area (Å²) in [6.07, 6.45) is 2.96. The van der Waals surface area contributed by atoms with Crippen molar-refractivity contribution in [3.63, 3.8) is 0 Å². The molecule has 7 nitrogen and oxygen atoms in total. The van der Waals surface area contributed by atoms with Gasteiger partial charge < -0.3 is 5.32 Å². The Morgan fingerprint density at radius 2 is 1.81 bits per heavy atom. The number of nitrogens with zero attached hydrogens (tertiary/aromatic N) is 4. The fourth-order valence-corrected chi connectivity index (χ4v) is 3.28. The Morgan fingerprint density at radius 1 is 1.10 bits per heavy atom. The maximum Gasteiger partial charge on any atom is 0.264 e. The summed E-state index contributed by atoms with van der Waals surface area (Å²) in [5.41, 5.74) is 2.61. The number of fused-ring (bicyclic) bond motifs is 1. The molecule has 0 fully saturated rings. The minimum Gasteiger partial charge on any atom is -0.326 e. The fourth-order valence-electron chi connectivity index (χ4n) is 3.28. The van der Waals surface area contributed by atoms with Gasteiger partial charge in [0.25, 0.3) is 5.56 Å². The van der Waals surface area contributed by atoms with E-state index in [4.69, 9.17) is 0 Å². The van der Waals surface area contributed by atoms with E-state index in [1.807, 2.05) is 24.3 Å². The number of aryl methyl sites for hydroxylation is 1. The van der Waals surface area contributed by atoms with Gasteiger partial charge in [0, 0.05) is 18.7 Å². The van der Waals surface area contributed by atoms with Crippen LogP contribution in [0.4, 0.5) is 10.1 Å². The number of anilines is 1. The molecule has 2 heterocycles. The van der Waals surface area contributed by atoms with E-state index in [2.05, 4.69) is 29.2 Å². The lowest BCUT2D eigenvalue weighted by Crippen LogP contribution is -2.23. The summed E-state index contributed by atoms with van der Waals surface area (Å²) in [7, 11) is 0. The van der Waals surface area contributed by atoms with Gasteiger partial charge in [-0.25, -0.2) is 14.1 Å². The molecule has 2 aromatic carbocycles. The smallest absolute Gasteiger partial charge is 0.264 e. The number of benzene rings is 2. The Balaban J connectivity index is 1.46. The van der Waals surface area contributed by atoms with Crippen molar-refractivity contribution >= 4 is 22.6 Å². The van der Waals surface area contributed by atoms with Crippen LogP contribution in [0, 0.1) is 5.82 Å². The van der Waals surface area contributed by atoms with Crippen molar-refractivity contribution in [3.05, 3.63) is 82.8 Å². The van der Waals surface area contributed by atoms with Gasteiger partial charge in [0.1, 0.15) is 11.2 Å². The second-order valence-electron chi connectivity index (χ2n) is 7.59. The topological polar surface area (TPSA) is 81.8 Å². The Morgan fingerprint density at radius 3 is 2.48 bits per heavy atom. The number of hydrogen-bond donors (Lipinski definition) is 1. The molecule has 0 saturated heterocycles. The van der Waals surface area contributed by atoms with Crippen LogP contribution in [0.15, 0.2) is 65.8 Å². The van der Waals surface area contributed by atoms with E-state index in [1.54, 1.807) is 12.1 Å². The molecule has 8 heteroatoms. The molecule has 2 aromatic heterocycles. The molecule has 0 aliphatic heterocycles. The van der Waals surface area contributed by atoms with E-state index < -0.39 is 0 Å². The Kier molecular flexibility index (Phi) is 5.62. The van der Waals surface area contributed by atoms with Gasteiger partial charge in [0.2, 0.25) is 5.91 Å². The van der Waals surface area contributed by atoms with Gasteiger partial charge >= 0.3 is 0 Å². The maximum absolute atomic E-state index is 13.2. The number of nitrogens with one attached hydrogen (secondary N) is 1.